The molecular weight excluding hydrogens is 254 g/mol. The van der Waals surface area contributed by atoms with Crippen LogP contribution in [-0.2, 0) is 16.6 Å². The van der Waals surface area contributed by atoms with Gasteiger partial charge in [0.05, 0.1) is 12.0 Å². The van der Waals surface area contributed by atoms with Gasteiger partial charge in [-0.3, -0.25) is 0 Å². The Kier molecular flexibility index (Phi) is 3.44. The molecule has 106 valence electrons. The van der Waals surface area contributed by atoms with Crippen LogP contribution in [0.4, 0.5) is 5.69 Å². The van der Waals surface area contributed by atoms with E-state index in [1.807, 2.05) is 31.2 Å². The van der Waals surface area contributed by atoms with Gasteiger partial charge in [-0.1, -0.05) is 17.3 Å². The van der Waals surface area contributed by atoms with Crippen molar-refractivity contribution in [2.24, 2.45) is 0 Å². The Hall–Kier alpha value is -1.88. The minimum Gasteiger partial charge on any atom is -0.399 e. The van der Waals surface area contributed by atoms with Crippen LogP contribution < -0.4 is 5.73 Å². The summed E-state index contributed by atoms with van der Waals surface area (Å²) in [4.78, 5) is 4.53. The molecular formula is C15H19N3O2. The highest BCUT2D eigenvalue weighted by molar-refractivity contribution is 5.45. The molecule has 1 aromatic carbocycles. The molecule has 1 saturated carbocycles. The molecule has 0 aliphatic heterocycles. The molecule has 0 bridgehead atoms. The highest BCUT2D eigenvalue weighted by Crippen LogP contribution is 2.52. The maximum Gasteiger partial charge on any atom is 0.237 e. The molecule has 0 amide bonds. The number of rotatable bonds is 6. The van der Waals surface area contributed by atoms with Gasteiger partial charge in [-0.05, 0) is 37.5 Å². The van der Waals surface area contributed by atoms with Crippen LogP contribution in [0.15, 0.2) is 28.8 Å². The van der Waals surface area contributed by atoms with Gasteiger partial charge < -0.3 is 15.0 Å². The summed E-state index contributed by atoms with van der Waals surface area (Å²) in [6.07, 6.45) is 2.78. The third-order valence-electron chi connectivity index (χ3n) is 3.76. The third-order valence-corrected chi connectivity index (χ3v) is 3.76. The maximum atomic E-state index is 5.74. The van der Waals surface area contributed by atoms with Gasteiger partial charge in [0.2, 0.25) is 5.89 Å². The fraction of sp³-hybridized carbons (Fsp3) is 0.467. The van der Waals surface area contributed by atoms with Gasteiger partial charge in [0.25, 0.3) is 0 Å². The Morgan fingerprint density at radius 1 is 1.30 bits per heavy atom. The first-order chi connectivity index (χ1) is 9.74. The van der Waals surface area contributed by atoms with Crippen molar-refractivity contribution >= 4 is 5.69 Å². The zero-order valence-corrected chi connectivity index (χ0v) is 11.6. The molecule has 1 aliphatic carbocycles. The normalized spacial score (nSPS) is 16.2. The summed E-state index contributed by atoms with van der Waals surface area (Å²) in [5.74, 6) is 1.43. The van der Waals surface area contributed by atoms with E-state index in [4.69, 9.17) is 15.0 Å². The van der Waals surface area contributed by atoms with Crippen molar-refractivity contribution in [1.82, 2.24) is 10.1 Å². The Morgan fingerprint density at radius 3 is 2.70 bits per heavy atom. The number of nitrogen functional groups attached to an aromatic ring is 1. The van der Waals surface area contributed by atoms with Gasteiger partial charge in [-0.25, -0.2) is 0 Å². The van der Waals surface area contributed by atoms with Crippen LogP contribution in [0.3, 0.4) is 0 Å². The summed E-state index contributed by atoms with van der Waals surface area (Å²) in [6.45, 7) is 3.31. The van der Waals surface area contributed by atoms with Gasteiger partial charge in [-0.15, -0.1) is 0 Å². The average molecular weight is 273 g/mol. The molecule has 1 aromatic heterocycles. The van der Waals surface area contributed by atoms with Gasteiger partial charge in [0.15, 0.2) is 5.82 Å². The summed E-state index contributed by atoms with van der Waals surface area (Å²) < 4.78 is 10.8. The van der Waals surface area contributed by atoms with E-state index in [0.717, 1.165) is 24.4 Å². The van der Waals surface area contributed by atoms with Crippen molar-refractivity contribution in [3.05, 3.63) is 41.5 Å². The minimum atomic E-state index is -0.0927. The van der Waals surface area contributed by atoms with Crippen molar-refractivity contribution in [3.63, 3.8) is 0 Å². The molecule has 0 unspecified atom stereocenters. The second-order valence-corrected chi connectivity index (χ2v) is 5.17. The van der Waals surface area contributed by atoms with E-state index in [9.17, 15) is 0 Å². The average Bonchev–Trinajstić information content (AvgIpc) is 3.13. The zero-order valence-electron chi connectivity index (χ0n) is 11.6. The van der Waals surface area contributed by atoms with E-state index in [2.05, 4.69) is 10.1 Å². The lowest BCUT2D eigenvalue weighted by Gasteiger charge is -2.10. The smallest absolute Gasteiger partial charge is 0.237 e. The molecule has 1 aliphatic rings. The summed E-state index contributed by atoms with van der Waals surface area (Å²) in [5, 5.41) is 4.05. The lowest BCUT2D eigenvalue weighted by atomic mass is 9.96. The van der Waals surface area contributed by atoms with Crippen molar-refractivity contribution in [3.8, 4) is 0 Å². The SMILES string of the molecule is CCOCCc1noc(C2(c3ccc(N)cc3)CC2)n1. The topological polar surface area (TPSA) is 74.2 Å². The fourth-order valence-electron chi connectivity index (χ4n) is 2.41. The van der Waals surface area contributed by atoms with Crippen LogP contribution >= 0.6 is 0 Å². The number of benzene rings is 1. The van der Waals surface area contributed by atoms with Crippen molar-refractivity contribution in [2.45, 2.75) is 31.6 Å². The molecule has 0 atom stereocenters. The van der Waals surface area contributed by atoms with E-state index in [-0.39, 0.29) is 5.41 Å². The van der Waals surface area contributed by atoms with Crippen LogP contribution in [0.25, 0.3) is 0 Å². The monoisotopic (exact) mass is 273 g/mol. The van der Waals surface area contributed by atoms with Crippen LogP contribution in [0, 0.1) is 0 Å². The number of aromatic nitrogens is 2. The molecule has 0 spiro atoms. The van der Waals surface area contributed by atoms with E-state index in [1.54, 1.807) is 0 Å². The Morgan fingerprint density at radius 2 is 2.05 bits per heavy atom. The van der Waals surface area contributed by atoms with E-state index in [0.29, 0.717) is 25.5 Å². The summed E-state index contributed by atoms with van der Waals surface area (Å²) >= 11 is 0. The first-order valence-electron chi connectivity index (χ1n) is 7.01. The number of hydrogen-bond acceptors (Lipinski definition) is 5. The fourth-order valence-corrected chi connectivity index (χ4v) is 2.41. The summed E-state index contributed by atoms with van der Waals surface area (Å²) in [6, 6.07) is 7.93. The molecule has 5 heteroatoms. The third kappa shape index (κ3) is 2.41. The molecule has 1 heterocycles. The zero-order chi connectivity index (χ0) is 14.0. The Balaban J connectivity index is 1.77. The second-order valence-electron chi connectivity index (χ2n) is 5.17. The second kappa shape index (κ2) is 5.25. The van der Waals surface area contributed by atoms with Gasteiger partial charge in [0.1, 0.15) is 0 Å². The largest absolute Gasteiger partial charge is 0.399 e. The van der Waals surface area contributed by atoms with Gasteiger partial charge in [0, 0.05) is 18.7 Å². The lowest BCUT2D eigenvalue weighted by Crippen LogP contribution is -2.09. The van der Waals surface area contributed by atoms with Gasteiger partial charge in [-0.2, -0.15) is 4.98 Å². The van der Waals surface area contributed by atoms with E-state index >= 15 is 0 Å². The number of nitrogens with zero attached hydrogens (tertiary/aromatic N) is 2. The minimum absolute atomic E-state index is 0.0927. The maximum absolute atomic E-state index is 5.74. The molecule has 1 fully saturated rings. The quantitative estimate of drug-likeness (QED) is 0.645. The lowest BCUT2D eigenvalue weighted by molar-refractivity contribution is 0.149. The van der Waals surface area contributed by atoms with Crippen LogP contribution in [0.1, 0.15) is 37.0 Å². The standard InChI is InChI=1S/C15H19N3O2/c1-2-19-10-7-13-17-14(20-18-13)15(8-9-15)11-3-5-12(16)6-4-11/h3-6H,2,7-10,16H2,1H3. The van der Waals surface area contributed by atoms with E-state index in [1.165, 1.54) is 5.56 Å². The first-order valence-corrected chi connectivity index (χ1v) is 7.01. The van der Waals surface area contributed by atoms with E-state index < -0.39 is 0 Å². The summed E-state index contributed by atoms with van der Waals surface area (Å²) in [7, 11) is 0. The molecule has 0 saturated heterocycles. The van der Waals surface area contributed by atoms with Crippen LogP contribution in [0.2, 0.25) is 0 Å². The molecule has 5 nitrogen and oxygen atoms in total. The first kappa shape index (κ1) is 13.1. The Labute approximate surface area is 118 Å². The van der Waals surface area contributed by atoms with Crippen LogP contribution in [-0.4, -0.2) is 23.4 Å². The van der Waals surface area contributed by atoms with Gasteiger partial charge >= 0.3 is 0 Å². The number of anilines is 1. The number of hydrogen-bond donors (Lipinski definition) is 1. The van der Waals surface area contributed by atoms with Crippen LogP contribution in [0.5, 0.6) is 0 Å². The highest BCUT2D eigenvalue weighted by Gasteiger charge is 2.50. The highest BCUT2D eigenvalue weighted by atomic mass is 16.5. The molecule has 2 N–H and O–H groups in total. The molecule has 0 radical (unpaired) electrons. The predicted molar refractivity (Wildman–Crippen MR) is 75.4 cm³/mol. The summed E-state index contributed by atoms with van der Waals surface area (Å²) in [5.41, 5.74) is 7.61. The molecule has 2 aromatic rings. The van der Waals surface area contributed by atoms with Crippen molar-refractivity contribution in [1.29, 1.82) is 0 Å². The molecule has 20 heavy (non-hydrogen) atoms. The number of ether oxygens (including phenoxy) is 1. The Bertz CT molecular complexity index is 573. The van der Waals surface area contributed by atoms with Crippen molar-refractivity contribution in [2.75, 3.05) is 18.9 Å². The number of nitrogens with two attached hydrogens (primary N) is 1. The predicted octanol–water partition coefficient (Wildman–Crippen LogP) is 2.31. The molecule has 3 rings (SSSR count). The van der Waals surface area contributed by atoms with Crippen molar-refractivity contribution < 1.29 is 9.26 Å².